The highest BCUT2D eigenvalue weighted by molar-refractivity contribution is 7.12. The van der Waals surface area contributed by atoms with Crippen molar-refractivity contribution in [3.8, 4) is 0 Å². The smallest absolute Gasteiger partial charge is 0.141 e. The maximum atomic E-state index is 9.13. The van der Waals surface area contributed by atoms with E-state index in [1.165, 1.54) is 5.56 Å². The lowest BCUT2D eigenvalue weighted by Gasteiger charge is -2.04. The van der Waals surface area contributed by atoms with E-state index >= 15 is 0 Å². The Hall–Kier alpha value is -1.65. The van der Waals surface area contributed by atoms with E-state index in [1.54, 1.807) is 11.3 Å². The second-order valence-corrected chi connectivity index (χ2v) is 4.99. The van der Waals surface area contributed by atoms with Gasteiger partial charge in [0.2, 0.25) is 0 Å². The summed E-state index contributed by atoms with van der Waals surface area (Å²) in [6, 6.07) is 7.95. The average molecular weight is 244 g/mol. The first-order chi connectivity index (χ1) is 8.28. The van der Waals surface area contributed by atoms with Gasteiger partial charge in [-0.15, -0.1) is 11.3 Å². The van der Waals surface area contributed by atoms with Crippen LogP contribution in [0.1, 0.15) is 21.6 Å². The highest BCUT2D eigenvalue weighted by atomic mass is 32.1. The van der Waals surface area contributed by atoms with Crippen molar-refractivity contribution in [2.24, 2.45) is 10.7 Å². The highest BCUT2D eigenvalue weighted by Crippen LogP contribution is 2.30. The summed E-state index contributed by atoms with van der Waals surface area (Å²) in [5.41, 5.74) is 10.1. The van der Waals surface area contributed by atoms with Gasteiger partial charge in [-0.05, 0) is 34.2 Å². The third-order valence-electron chi connectivity index (χ3n) is 2.93. The topological polar surface area (TPSA) is 58.6 Å². The molecule has 0 radical (unpaired) electrons. The van der Waals surface area contributed by atoms with E-state index < -0.39 is 0 Å². The Labute approximate surface area is 103 Å². The second kappa shape index (κ2) is 3.98. The monoisotopic (exact) mass is 244 g/mol. The molecule has 0 saturated carbocycles. The van der Waals surface area contributed by atoms with Gasteiger partial charge in [0, 0.05) is 6.42 Å². The molecule has 17 heavy (non-hydrogen) atoms. The van der Waals surface area contributed by atoms with Crippen LogP contribution in [0.2, 0.25) is 0 Å². The van der Waals surface area contributed by atoms with E-state index in [1.807, 2.05) is 23.6 Å². The van der Waals surface area contributed by atoms with Crippen LogP contribution in [0.5, 0.6) is 0 Å². The number of aliphatic hydroxyl groups is 1. The Morgan fingerprint density at radius 2 is 2.18 bits per heavy atom. The molecule has 0 bridgehead atoms. The lowest BCUT2D eigenvalue weighted by Crippen LogP contribution is -2.11. The molecule has 0 amide bonds. The van der Waals surface area contributed by atoms with Gasteiger partial charge in [-0.3, -0.25) is 0 Å². The molecule has 3 rings (SSSR count). The molecule has 3 nitrogen and oxygen atoms in total. The van der Waals surface area contributed by atoms with Crippen molar-refractivity contribution in [1.82, 2.24) is 0 Å². The molecule has 0 spiro atoms. The predicted octanol–water partition coefficient (Wildman–Crippen LogP) is 2.18. The molecule has 0 saturated heterocycles. The van der Waals surface area contributed by atoms with Crippen LogP contribution in [0, 0.1) is 0 Å². The van der Waals surface area contributed by atoms with Gasteiger partial charge >= 0.3 is 0 Å². The van der Waals surface area contributed by atoms with Crippen LogP contribution in [0.4, 0.5) is 5.69 Å². The van der Waals surface area contributed by atoms with E-state index in [0.717, 1.165) is 28.1 Å². The SMILES string of the molecule is NC1=Nc2cc(CO)ccc2Cc2ccsc21. The minimum atomic E-state index is 0.0322. The number of hydrogen-bond acceptors (Lipinski definition) is 4. The standard InChI is InChI=1S/C13H12N2OS/c14-13-12-10(3-4-17-12)6-9-2-1-8(7-16)5-11(9)15-13/h1-5,16H,6-7H2,(H2,14,15). The van der Waals surface area contributed by atoms with E-state index in [-0.39, 0.29) is 6.61 Å². The fraction of sp³-hybridized carbons (Fsp3) is 0.154. The quantitative estimate of drug-likeness (QED) is 0.807. The van der Waals surface area contributed by atoms with Crippen molar-refractivity contribution in [2.75, 3.05) is 0 Å². The second-order valence-electron chi connectivity index (χ2n) is 4.07. The molecule has 1 aromatic heterocycles. The zero-order chi connectivity index (χ0) is 11.8. The minimum absolute atomic E-state index is 0.0322. The first-order valence-corrected chi connectivity index (χ1v) is 6.29. The maximum Gasteiger partial charge on any atom is 0.141 e. The number of thiophene rings is 1. The summed E-state index contributed by atoms with van der Waals surface area (Å²) < 4.78 is 0. The van der Waals surface area contributed by atoms with Crippen LogP contribution >= 0.6 is 11.3 Å². The van der Waals surface area contributed by atoms with Gasteiger partial charge in [0.05, 0.1) is 17.2 Å². The summed E-state index contributed by atoms with van der Waals surface area (Å²) in [4.78, 5) is 5.52. The summed E-state index contributed by atoms with van der Waals surface area (Å²) in [6.45, 7) is 0.0322. The van der Waals surface area contributed by atoms with E-state index in [9.17, 15) is 0 Å². The number of rotatable bonds is 1. The van der Waals surface area contributed by atoms with Crippen LogP contribution in [-0.2, 0) is 13.0 Å². The van der Waals surface area contributed by atoms with Crippen molar-refractivity contribution < 1.29 is 5.11 Å². The number of aliphatic hydroxyl groups excluding tert-OH is 1. The summed E-state index contributed by atoms with van der Waals surface area (Å²) in [5, 5.41) is 11.2. The first-order valence-electron chi connectivity index (χ1n) is 5.41. The fourth-order valence-electron chi connectivity index (χ4n) is 2.05. The molecular weight excluding hydrogens is 232 g/mol. The van der Waals surface area contributed by atoms with Gasteiger partial charge in [-0.1, -0.05) is 12.1 Å². The molecule has 0 atom stereocenters. The van der Waals surface area contributed by atoms with Crippen molar-refractivity contribution >= 4 is 22.9 Å². The summed E-state index contributed by atoms with van der Waals surface area (Å²) in [7, 11) is 0. The molecule has 3 N–H and O–H groups in total. The molecule has 4 heteroatoms. The number of amidine groups is 1. The largest absolute Gasteiger partial charge is 0.392 e. The summed E-state index contributed by atoms with van der Waals surface area (Å²) in [5.74, 6) is 0.573. The van der Waals surface area contributed by atoms with Crippen LogP contribution in [0.25, 0.3) is 0 Å². The normalized spacial score (nSPS) is 13.6. The number of hydrogen-bond donors (Lipinski definition) is 2. The molecule has 1 aliphatic rings. The van der Waals surface area contributed by atoms with Crippen molar-refractivity contribution in [1.29, 1.82) is 0 Å². The van der Waals surface area contributed by atoms with Gasteiger partial charge in [-0.2, -0.15) is 0 Å². The maximum absolute atomic E-state index is 9.13. The molecular formula is C13H12N2OS. The molecule has 2 heterocycles. The van der Waals surface area contributed by atoms with E-state index in [4.69, 9.17) is 10.8 Å². The number of aliphatic imine (C=N–C) groups is 1. The molecule has 86 valence electrons. The van der Waals surface area contributed by atoms with Crippen LogP contribution in [0.3, 0.4) is 0 Å². The van der Waals surface area contributed by atoms with Gasteiger partial charge in [0.1, 0.15) is 5.84 Å². The van der Waals surface area contributed by atoms with Gasteiger partial charge in [-0.25, -0.2) is 4.99 Å². The predicted molar refractivity (Wildman–Crippen MR) is 69.9 cm³/mol. The summed E-state index contributed by atoms with van der Waals surface area (Å²) in [6.07, 6.45) is 0.851. The molecule has 0 aliphatic carbocycles. The minimum Gasteiger partial charge on any atom is -0.392 e. The Kier molecular flexibility index (Phi) is 2.46. The molecule has 2 aromatic rings. The average Bonchev–Trinajstić information content (AvgIpc) is 2.75. The fourth-order valence-corrected chi connectivity index (χ4v) is 2.87. The zero-order valence-corrected chi connectivity index (χ0v) is 10.00. The molecule has 0 fully saturated rings. The number of benzene rings is 1. The molecule has 1 aliphatic heterocycles. The third kappa shape index (κ3) is 1.75. The van der Waals surface area contributed by atoms with Gasteiger partial charge in [0.25, 0.3) is 0 Å². The Bertz CT molecular complexity index is 601. The molecule has 0 unspecified atom stereocenters. The lowest BCUT2D eigenvalue weighted by molar-refractivity contribution is 0.282. The van der Waals surface area contributed by atoms with Crippen molar-refractivity contribution in [3.05, 3.63) is 51.2 Å². The third-order valence-corrected chi connectivity index (χ3v) is 3.91. The molecule has 1 aromatic carbocycles. The van der Waals surface area contributed by atoms with Crippen LogP contribution in [-0.4, -0.2) is 10.9 Å². The number of nitrogens with zero attached hydrogens (tertiary/aromatic N) is 1. The summed E-state index contributed by atoms with van der Waals surface area (Å²) >= 11 is 1.62. The number of fused-ring (bicyclic) bond motifs is 2. The van der Waals surface area contributed by atoms with E-state index in [2.05, 4.69) is 11.1 Å². The Morgan fingerprint density at radius 3 is 3.00 bits per heavy atom. The van der Waals surface area contributed by atoms with Crippen molar-refractivity contribution in [2.45, 2.75) is 13.0 Å². The van der Waals surface area contributed by atoms with Crippen molar-refractivity contribution in [3.63, 3.8) is 0 Å². The Balaban J connectivity index is 2.17. The highest BCUT2D eigenvalue weighted by Gasteiger charge is 2.15. The number of nitrogens with two attached hydrogens (primary N) is 1. The lowest BCUT2D eigenvalue weighted by atomic mass is 10.0. The van der Waals surface area contributed by atoms with Crippen LogP contribution in [0.15, 0.2) is 34.6 Å². The van der Waals surface area contributed by atoms with Gasteiger partial charge < -0.3 is 10.8 Å². The van der Waals surface area contributed by atoms with Gasteiger partial charge in [0.15, 0.2) is 0 Å². The van der Waals surface area contributed by atoms with E-state index in [0.29, 0.717) is 5.84 Å². The first kappa shape index (κ1) is 10.5. The van der Waals surface area contributed by atoms with Crippen LogP contribution < -0.4 is 5.73 Å². The Morgan fingerprint density at radius 1 is 1.29 bits per heavy atom. The zero-order valence-electron chi connectivity index (χ0n) is 9.18.